The van der Waals surface area contributed by atoms with Crippen LogP contribution in [0.3, 0.4) is 0 Å². The van der Waals surface area contributed by atoms with Crippen molar-refractivity contribution in [3.05, 3.63) is 16.4 Å². The van der Waals surface area contributed by atoms with E-state index in [2.05, 4.69) is 20.7 Å². The first-order valence-electron chi connectivity index (χ1n) is 5.48. The predicted octanol–water partition coefficient (Wildman–Crippen LogP) is 0.239. The fourth-order valence-corrected chi connectivity index (χ4v) is 2.10. The summed E-state index contributed by atoms with van der Waals surface area (Å²) in [6.07, 6.45) is 3.39. The van der Waals surface area contributed by atoms with Gasteiger partial charge in [0.25, 0.3) is 0 Å². The van der Waals surface area contributed by atoms with Crippen molar-refractivity contribution < 1.29 is 9.13 Å². The van der Waals surface area contributed by atoms with E-state index in [-0.39, 0.29) is 23.4 Å². The monoisotopic (exact) mass is 288 g/mol. The average Bonchev–Trinajstić information content (AvgIpc) is 2.35. The van der Waals surface area contributed by atoms with E-state index in [1.807, 2.05) is 6.92 Å². The maximum atomic E-state index is 11.0. The molecule has 10 heteroatoms. The van der Waals surface area contributed by atoms with Crippen LogP contribution in [-0.4, -0.2) is 37.2 Å². The van der Waals surface area contributed by atoms with Gasteiger partial charge in [-0.15, -0.1) is 0 Å². The van der Waals surface area contributed by atoms with Crippen molar-refractivity contribution in [2.24, 2.45) is 5.84 Å². The van der Waals surface area contributed by atoms with E-state index in [0.717, 1.165) is 0 Å². The zero-order chi connectivity index (χ0) is 14.4. The second kappa shape index (κ2) is 6.95. The van der Waals surface area contributed by atoms with Crippen molar-refractivity contribution in [2.45, 2.75) is 19.4 Å². The molecule has 0 radical (unpaired) electrons. The number of nitrogen functional groups attached to an aromatic ring is 1. The molecule has 0 bridgehead atoms. The Labute approximate surface area is 112 Å². The van der Waals surface area contributed by atoms with Gasteiger partial charge in [0.1, 0.15) is 6.33 Å². The molecule has 0 aliphatic carbocycles. The predicted molar refractivity (Wildman–Crippen MR) is 73.1 cm³/mol. The number of anilines is 2. The third-order valence-corrected chi connectivity index (χ3v) is 3.17. The third-order valence-electron chi connectivity index (χ3n) is 2.36. The van der Waals surface area contributed by atoms with Crippen molar-refractivity contribution in [1.82, 2.24) is 9.97 Å². The Bertz CT molecular complexity index is 483. The van der Waals surface area contributed by atoms with Crippen LogP contribution in [-0.2, 0) is 10.8 Å². The Morgan fingerprint density at radius 3 is 2.68 bits per heavy atom. The number of nitrogens with one attached hydrogen (secondary N) is 2. The highest BCUT2D eigenvalue weighted by Crippen LogP contribution is 2.28. The van der Waals surface area contributed by atoms with Crippen molar-refractivity contribution in [1.29, 1.82) is 0 Å². The maximum absolute atomic E-state index is 11.0. The largest absolute Gasteiger partial charge is 0.362 e. The van der Waals surface area contributed by atoms with Gasteiger partial charge in [-0.05, 0) is 13.3 Å². The van der Waals surface area contributed by atoms with Crippen LogP contribution in [0.25, 0.3) is 0 Å². The minimum Gasteiger partial charge on any atom is -0.362 e. The van der Waals surface area contributed by atoms with Crippen molar-refractivity contribution in [3.8, 4) is 0 Å². The molecule has 9 nitrogen and oxygen atoms in total. The summed E-state index contributed by atoms with van der Waals surface area (Å²) in [5.74, 6) is 5.71. The summed E-state index contributed by atoms with van der Waals surface area (Å²) < 4.78 is 11.0. The van der Waals surface area contributed by atoms with Gasteiger partial charge < -0.3 is 10.7 Å². The van der Waals surface area contributed by atoms with E-state index in [1.54, 1.807) is 6.26 Å². The first kappa shape index (κ1) is 15.2. The number of nitrogens with zero attached hydrogens (tertiary/aromatic N) is 3. The lowest BCUT2D eigenvalue weighted by Crippen LogP contribution is -2.20. The average molecular weight is 288 g/mol. The van der Waals surface area contributed by atoms with Gasteiger partial charge in [-0.1, -0.05) is 0 Å². The summed E-state index contributed by atoms with van der Waals surface area (Å²) in [4.78, 5) is 17.9. The molecule has 4 N–H and O–H groups in total. The molecule has 0 saturated carbocycles. The third kappa shape index (κ3) is 4.41. The maximum Gasteiger partial charge on any atom is 0.354 e. The molecule has 106 valence electrons. The fraction of sp³-hybridized carbons (Fsp3) is 0.556. The topological polar surface area (TPSA) is 136 Å². The van der Waals surface area contributed by atoms with E-state index in [4.69, 9.17) is 5.84 Å². The second-order valence-corrected chi connectivity index (χ2v) is 5.49. The Morgan fingerprint density at radius 1 is 1.53 bits per heavy atom. The molecule has 2 atom stereocenters. The van der Waals surface area contributed by atoms with Crippen molar-refractivity contribution in [3.63, 3.8) is 0 Å². The molecular weight excluding hydrogens is 272 g/mol. The van der Waals surface area contributed by atoms with Gasteiger partial charge >= 0.3 is 5.69 Å². The first-order valence-corrected chi connectivity index (χ1v) is 7.21. The second-order valence-electron chi connectivity index (χ2n) is 3.93. The van der Waals surface area contributed by atoms with E-state index in [0.29, 0.717) is 12.2 Å². The minimum absolute atomic E-state index is 0.0613. The molecule has 0 aromatic carbocycles. The summed E-state index contributed by atoms with van der Waals surface area (Å²) in [6, 6.07) is -0.108. The zero-order valence-electron chi connectivity index (χ0n) is 10.6. The highest BCUT2D eigenvalue weighted by molar-refractivity contribution is 7.84. The number of rotatable bonds is 7. The normalized spacial score (nSPS) is 13.6. The summed E-state index contributed by atoms with van der Waals surface area (Å²) in [6.45, 7) is 1.83. The number of hydrazine groups is 1. The molecule has 1 aromatic heterocycles. The van der Waals surface area contributed by atoms with Crippen molar-refractivity contribution >= 4 is 28.1 Å². The zero-order valence-corrected chi connectivity index (χ0v) is 11.4. The molecule has 2 unspecified atom stereocenters. The molecule has 1 aromatic rings. The van der Waals surface area contributed by atoms with Gasteiger partial charge in [0.15, 0.2) is 0 Å². The van der Waals surface area contributed by atoms with Crippen LogP contribution >= 0.6 is 0 Å². The molecule has 0 saturated heterocycles. The molecule has 0 spiro atoms. The highest BCUT2D eigenvalue weighted by atomic mass is 32.2. The molecule has 1 rings (SSSR count). The molecule has 0 aliphatic heterocycles. The molecule has 0 amide bonds. The highest BCUT2D eigenvalue weighted by Gasteiger charge is 2.23. The molecule has 0 fully saturated rings. The summed E-state index contributed by atoms with van der Waals surface area (Å²) in [7, 11) is -0.903. The van der Waals surface area contributed by atoms with Gasteiger partial charge in [0.2, 0.25) is 11.6 Å². The Hall–Kier alpha value is -1.81. The van der Waals surface area contributed by atoms with Gasteiger partial charge in [-0.2, -0.15) is 0 Å². The summed E-state index contributed by atoms with van der Waals surface area (Å²) >= 11 is 0. The van der Waals surface area contributed by atoms with Crippen LogP contribution < -0.4 is 16.6 Å². The number of hydrogen-bond acceptors (Lipinski definition) is 8. The van der Waals surface area contributed by atoms with Gasteiger partial charge in [-0.3, -0.25) is 14.3 Å². The van der Waals surface area contributed by atoms with Crippen LogP contribution in [0, 0.1) is 10.1 Å². The van der Waals surface area contributed by atoms with Gasteiger partial charge in [-0.25, -0.2) is 15.8 Å². The van der Waals surface area contributed by atoms with Crippen LogP contribution in [0.15, 0.2) is 6.33 Å². The SMILES string of the molecule is CC(CCS(C)=O)Nc1ncnc(NN)c1[N+](=O)[O-]. The van der Waals surface area contributed by atoms with E-state index in [1.165, 1.54) is 6.33 Å². The molecule has 19 heavy (non-hydrogen) atoms. The number of hydrogen-bond donors (Lipinski definition) is 3. The first-order chi connectivity index (χ1) is 8.95. The molecular formula is C9H16N6O3S. The standard InChI is InChI=1S/C9H16N6O3S/c1-6(3-4-19(2)18)13-8-7(15(16)17)9(14-10)12-5-11-8/h5-6H,3-4,10H2,1-2H3,(H2,11,12,13,14). The number of nitrogens with two attached hydrogens (primary N) is 1. The Morgan fingerprint density at radius 2 is 2.16 bits per heavy atom. The molecule has 1 heterocycles. The lowest BCUT2D eigenvalue weighted by Gasteiger charge is -2.14. The fourth-order valence-electron chi connectivity index (χ4n) is 1.41. The van der Waals surface area contributed by atoms with Crippen LogP contribution in [0.1, 0.15) is 13.3 Å². The Balaban J connectivity index is 2.88. The number of aromatic nitrogens is 2. The van der Waals surface area contributed by atoms with Crippen LogP contribution in [0.5, 0.6) is 0 Å². The lowest BCUT2D eigenvalue weighted by molar-refractivity contribution is -0.383. The quantitative estimate of drug-likeness (QED) is 0.368. The van der Waals surface area contributed by atoms with Crippen molar-refractivity contribution in [2.75, 3.05) is 22.8 Å². The van der Waals surface area contributed by atoms with E-state index < -0.39 is 15.7 Å². The molecule has 0 aliphatic rings. The lowest BCUT2D eigenvalue weighted by atomic mass is 10.2. The van der Waals surface area contributed by atoms with Gasteiger partial charge in [0.05, 0.1) is 4.92 Å². The Kier molecular flexibility index (Phi) is 5.57. The van der Waals surface area contributed by atoms with Crippen LogP contribution in [0.2, 0.25) is 0 Å². The van der Waals surface area contributed by atoms with E-state index >= 15 is 0 Å². The van der Waals surface area contributed by atoms with Crippen LogP contribution in [0.4, 0.5) is 17.3 Å². The summed E-state index contributed by atoms with van der Waals surface area (Å²) in [5.41, 5.74) is 1.85. The van der Waals surface area contributed by atoms with Gasteiger partial charge in [0, 0.05) is 28.9 Å². The smallest absolute Gasteiger partial charge is 0.354 e. The number of nitro groups is 1. The minimum atomic E-state index is -0.903. The van der Waals surface area contributed by atoms with E-state index in [9.17, 15) is 14.3 Å². The summed E-state index contributed by atoms with van der Waals surface area (Å²) in [5, 5.41) is 13.9.